The molecule has 2 aromatic carbocycles. The Morgan fingerprint density at radius 3 is 1.92 bits per heavy atom. The summed E-state index contributed by atoms with van der Waals surface area (Å²) in [6.45, 7) is 0. The van der Waals surface area contributed by atoms with Gasteiger partial charge in [0.05, 0.1) is 0 Å². The number of aliphatic imine (C=N–C) groups is 2. The van der Waals surface area contributed by atoms with Crippen LogP contribution >= 0.6 is 0 Å². The zero-order chi connectivity index (χ0) is 16.8. The zero-order valence-corrected chi connectivity index (χ0v) is 12.7. The molecular weight excluding hydrogens is 302 g/mol. The van der Waals surface area contributed by atoms with E-state index in [9.17, 15) is 10.2 Å². The number of hydrogen-bond donors (Lipinski definition) is 2. The molecule has 3 aromatic rings. The molecule has 0 spiro atoms. The molecule has 0 bridgehead atoms. The van der Waals surface area contributed by atoms with Crippen molar-refractivity contribution in [2.24, 2.45) is 9.98 Å². The number of para-hydroxylation sites is 2. The van der Waals surface area contributed by atoms with Crippen molar-refractivity contribution in [3.05, 3.63) is 78.0 Å². The van der Waals surface area contributed by atoms with E-state index in [1.807, 2.05) is 12.1 Å². The second kappa shape index (κ2) is 7.19. The Labute approximate surface area is 139 Å². The molecule has 0 saturated carbocycles. The Kier molecular flexibility index (Phi) is 4.62. The monoisotopic (exact) mass is 317 g/mol. The first kappa shape index (κ1) is 15.4. The van der Waals surface area contributed by atoms with Gasteiger partial charge >= 0.3 is 0 Å². The van der Waals surface area contributed by atoms with E-state index >= 15 is 0 Å². The predicted octanol–water partition coefficient (Wildman–Crippen LogP) is 3.99. The number of rotatable bonds is 4. The Balaban J connectivity index is 1.89. The van der Waals surface area contributed by atoms with E-state index in [1.54, 1.807) is 60.9 Å². The highest BCUT2D eigenvalue weighted by Crippen LogP contribution is 2.25. The van der Waals surface area contributed by atoms with Crippen LogP contribution in [0.4, 0.5) is 11.5 Å². The molecule has 0 aliphatic carbocycles. The lowest BCUT2D eigenvalue weighted by Gasteiger charge is -2.01. The number of nitrogens with zero attached hydrogens (tertiary/aromatic N) is 3. The first-order chi connectivity index (χ1) is 11.7. The van der Waals surface area contributed by atoms with Gasteiger partial charge in [-0.25, -0.2) is 9.98 Å². The lowest BCUT2D eigenvalue weighted by molar-refractivity contribution is 0.474. The fourth-order valence-electron chi connectivity index (χ4n) is 2.05. The molecule has 118 valence electrons. The van der Waals surface area contributed by atoms with Gasteiger partial charge in [0.1, 0.15) is 17.2 Å². The van der Waals surface area contributed by atoms with Crippen molar-refractivity contribution in [1.29, 1.82) is 0 Å². The number of aromatic nitrogens is 1. The third-order valence-electron chi connectivity index (χ3n) is 3.31. The molecule has 0 saturated heterocycles. The normalized spacial score (nSPS) is 11.3. The van der Waals surface area contributed by atoms with E-state index in [-0.39, 0.29) is 11.5 Å². The van der Waals surface area contributed by atoms with Gasteiger partial charge in [0.25, 0.3) is 0 Å². The minimum atomic E-state index is 0.149. The maximum atomic E-state index is 9.78. The number of aromatic hydroxyl groups is 2. The van der Waals surface area contributed by atoms with Crippen LogP contribution in [-0.4, -0.2) is 27.6 Å². The van der Waals surface area contributed by atoms with Gasteiger partial charge in [0.2, 0.25) is 0 Å². The molecule has 0 fully saturated rings. The maximum absolute atomic E-state index is 9.78. The highest BCUT2D eigenvalue weighted by atomic mass is 16.3. The summed E-state index contributed by atoms with van der Waals surface area (Å²) in [5, 5.41) is 19.5. The van der Waals surface area contributed by atoms with Crippen LogP contribution in [0, 0.1) is 0 Å². The molecule has 0 aliphatic heterocycles. The molecule has 1 aromatic heterocycles. The highest BCUT2D eigenvalue weighted by Gasteiger charge is 2.01. The van der Waals surface area contributed by atoms with E-state index in [2.05, 4.69) is 15.0 Å². The van der Waals surface area contributed by atoms with Crippen molar-refractivity contribution in [3.8, 4) is 11.5 Å². The SMILES string of the molecule is Oc1ccccc1C=Nc1cccnc1/N=C/c1ccccc1O. The van der Waals surface area contributed by atoms with Crippen molar-refractivity contribution in [2.45, 2.75) is 0 Å². The number of phenols is 2. The topological polar surface area (TPSA) is 78.1 Å². The van der Waals surface area contributed by atoms with Crippen LogP contribution in [0.1, 0.15) is 11.1 Å². The second-order valence-electron chi connectivity index (χ2n) is 4.98. The molecule has 2 N–H and O–H groups in total. The van der Waals surface area contributed by atoms with Crippen LogP contribution in [-0.2, 0) is 0 Å². The van der Waals surface area contributed by atoms with Gasteiger partial charge < -0.3 is 10.2 Å². The molecule has 5 nitrogen and oxygen atoms in total. The van der Waals surface area contributed by atoms with Gasteiger partial charge in [0.15, 0.2) is 5.82 Å². The van der Waals surface area contributed by atoms with Crippen LogP contribution in [0.2, 0.25) is 0 Å². The number of phenolic OH excluding ortho intramolecular Hbond substituents is 2. The summed E-state index contributed by atoms with van der Waals surface area (Å²) in [6.07, 6.45) is 4.72. The molecule has 3 rings (SSSR count). The summed E-state index contributed by atoms with van der Waals surface area (Å²) in [4.78, 5) is 12.9. The van der Waals surface area contributed by atoms with Crippen molar-refractivity contribution < 1.29 is 10.2 Å². The highest BCUT2D eigenvalue weighted by molar-refractivity contribution is 5.88. The molecular formula is C19H15N3O2. The second-order valence-corrected chi connectivity index (χ2v) is 4.98. The molecule has 5 heteroatoms. The smallest absolute Gasteiger partial charge is 0.178 e. The minimum Gasteiger partial charge on any atom is -0.507 e. The third kappa shape index (κ3) is 3.64. The summed E-state index contributed by atoms with van der Waals surface area (Å²) in [5.74, 6) is 0.730. The Hall–Kier alpha value is -3.47. The summed E-state index contributed by atoms with van der Waals surface area (Å²) < 4.78 is 0. The Morgan fingerprint density at radius 1 is 0.708 bits per heavy atom. The van der Waals surface area contributed by atoms with Gasteiger partial charge in [-0.05, 0) is 36.4 Å². The Morgan fingerprint density at radius 2 is 1.29 bits per heavy atom. The van der Waals surface area contributed by atoms with Gasteiger partial charge in [-0.2, -0.15) is 0 Å². The molecule has 0 atom stereocenters. The average Bonchev–Trinajstić information content (AvgIpc) is 2.61. The zero-order valence-electron chi connectivity index (χ0n) is 12.7. The van der Waals surface area contributed by atoms with Crippen LogP contribution in [0.15, 0.2) is 76.8 Å². The lowest BCUT2D eigenvalue weighted by Crippen LogP contribution is -1.84. The molecule has 0 amide bonds. The average molecular weight is 317 g/mol. The van der Waals surface area contributed by atoms with Gasteiger partial charge in [-0.1, -0.05) is 24.3 Å². The fraction of sp³-hybridized carbons (Fsp3) is 0. The van der Waals surface area contributed by atoms with E-state index in [0.29, 0.717) is 22.6 Å². The fourth-order valence-corrected chi connectivity index (χ4v) is 2.05. The maximum Gasteiger partial charge on any atom is 0.178 e. The molecule has 0 unspecified atom stereocenters. The third-order valence-corrected chi connectivity index (χ3v) is 3.31. The van der Waals surface area contributed by atoms with E-state index < -0.39 is 0 Å². The van der Waals surface area contributed by atoms with Gasteiger partial charge in [-0.3, -0.25) is 4.99 Å². The predicted molar refractivity (Wildman–Crippen MR) is 95.0 cm³/mol. The van der Waals surface area contributed by atoms with Crippen molar-refractivity contribution in [3.63, 3.8) is 0 Å². The summed E-state index contributed by atoms with van der Waals surface area (Å²) >= 11 is 0. The van der Waals surface area contributed by atoms with E-state index in [1.165, 1.54) is 6.21 Å². The van der Waals surface area contributed by atoms with Crippen molar-refractivity contribution >= 4 is 23.9 Å². The molecule has 24 heavy (non-hydrogen) atoms. The first-order valence-electron chi connectivity index (χ1n) is 7.33. The standard InChI is InChI=1S/C19H15N3O2/c23-17-9-3-1-6-14(17)12-21-16-8-5-11-20-19(16)22-13-15-7-2-4-10-18(15)24/h1-13,23-24H/b21-12?,22-13+. The summed E-state index contributed by atoms with van der Waals surface area (Å²) in [6, 6.07) is 17.4. The largest absolute Gasteiger partial charge is 0.507 e. The minimum absolute atomic E-state index is 0.149. The first-order valence-corrected chi connectivity index (χ1v) is 7.33. The Bertz CT molecular complexity index is 830. The molecule has 0 aliphatic rings. The van der Waals surface area contributed by atoms with Crippen LogP contribution in [0.5, 0.6) is 11.5 Å². The lowest BCUT2D eigenvalue weighted by atomic mass is 10.2. The van der Waals surface area contributed by atoms with Crippen molar-refractivity contribution in [2.75, 3.05) is 0 Å². The van der Waals surface area contributed by atoms with E-state index in [4.69, 9.17) is 0 Å². The van der Waals surface area contributed by atoms with Crippen LogP contribution in [0.25, 0.3) is 0 Å². The van der Waals surface area contributed by atoms with Crippen LogP contribution in [0.3, 0.4) is 0 Å². The summed E-state index contributed by atoms with van der Waals surface area (Å²) in [7, 11) is 0. The molecule has 1 heterocycles. The van der Waals surface area contributed by atoms with E-state index in [0.717, 1.165) is 0 Å². The summed E-state index contributed by atoms with van der Waals surface area (Å²) in [5.41, 5.74) is 1.77. The number of pyridine rings is 1. The van der Waals surface area contributed by atoms with Crippen LogP contribution < -0.4 is 0 Å². The number of benzene rings is 2. The van der Waals surface area contributed by atoms with Gasteiger partial charge in [-0.15, -0.1) is 0 Å². The number of hydrogen-bond acceptors (Lipinski definition) is 5. The van der Waals surface area contributed by atoms with Crippen molar-refractivity contribution in [1.82, 2.24) is 4.98 Å². The quantitative estimate of drug-likeness (QED) is 0.714. The van der Waals surface area contributed by atoms with Gasteiger partial charge in [0, 0.05) is 29.8 Å². The molecule has 0 radical (unpaired) electrons.